The van der Waals surface area contributed by atoms with Crippen LogP contribution in [0.2, 0.25) is 0 Å². The highest BCUT2D eigenvalue weighted by atomic mass is 79.9. The van der Waals surface area contributed by atoms with E-state index in [0.29, 0.717) is 4.47 Å². The Hall–Kier alpha value is -1.43. The molecule has 0 atom stereocenters. The van der Waals surface area contributed by atoms with Gasteiger partial charge in [0.1, 0.15) is 0 Å². The SMILES string of the molecule is CC#CCNS(=O)(=O)c1cc(Br)ccc1[N+](=O)[O-]. The van der Waals surface area contributed by atoms with Gasteiger partial charge < -0.3 is 0 Å². The van der Waals surface area contributed by atoms with Crippen molar-refractivity contribution in [2.45, 2.75) is 11.8 Å². The number of nitrogens with one attached hydrogen (secondary N) is 1. The largest absolute Gasteiger partial charge is 0.289 e. The van der Waals surface area contributed by atoms with Gasteiger partial charge in [0.05, 0.1) is 11.5 Å². The Morgan fingerprint density at radius 2 is 2.17 bits per heavy atom. The van der Waals surface area contributed by atoms with Crippen molar-refractivity contribution in [1.82, 2.24) is 4.72 Å². The molecule has 0 spiro atoms. The van der Waals surface area contributed by atoms with Crippen LogP contribution in [0, 0.1) is 22.0 Å². The van der Waals surface area contributed by atoms with Crippen molar-refractivity contribution in [1.29, 1.82) is 0 Å². The van der Waals surface area contributed by atoms with Crippen LogP contribution in [-0.2, 0) is 10.0 Å². The van der Waals surface area contributed by atoms with E-state index in [9.17, 15) is 18.5 Å². The first kappa shape index (κ1) is 14.6. The molecule has 6 nitrogen and oxygen atoms in total. The van der Waals surface area contributed by atoms with E-state index in [-0.39, 0.29) is 11.4 Å². The van der Waals surface area contributed by atoms with Crippen LogP contribution in [0.5, 0.6) is 0 Å². The van der Waals surface area contributed by atoms with Gasteiger partial charge in [-0.15, -0.1) is 5.92 Å². The second kappa shape index (κ2) is 5.95. The molecule has 0 fully saturated rings. The number of benzene rings is 1. The second-order valence-electron chi connectivity index (χ2n) is 3.12. The van der Waals surface area contributed by atoms with Crippen LogP contribution in [0.3, 0.4) is 0 Å². The molecule has 0 aliphatic heterocycles. The number of rotatable bonds is 4. The average Bonchev–Trinajstić information content (AvgIpc) is 2.28. The van der Waals surface area contributed by atoms with E-state index < -0.39 is 20.6 Å². The van der Waals surface area contributed by atoms with E-state index >= 15 is 0 Å². The van der Waals surface area contributed by atoms with Crippen LogP contribution < -0.4 is 4.72 Å². The summed E-state index contributed by atoms with van der Waals surface area (Å²) in [7, 11) is -3.95. The van der Waals surface area contributed by atoms with E-state index in [1.807, 2.05) is 0 Å². The highest BCUT2D eigenvalue weighted by Crippen LogP contribution is 2.26. The first-order valence-corrected chi connectivity index (χ1v) is 6.99. The molecular formula is C10H9BrN2O4S. The van der Waals surface area contributed by atoms with Gasteiger partial charge in [0.25, 0.3) is 5.69 Å². The number of hydrogen-bond donors (Lipinski definition) is 1. The summed E-state index contributed by atoms with van der Waals surface area (Å²) in [6.45, 7) is 1.47. The minimum Gasteiger partial charge on any atom is -0.258 e. The van der Waals surface area contributed by atoms with Crippen LogP contribution in [0.1, 0.15) is 6.92 Å². The van der Waals surface area contributed by atoms with Gasteiger partial charge in [-0.2, -0.15) is 4.72 Å². The number of hydrogen-bond acceptors (Lipinski definition) is 4. The van der Waals surface area contributed by atoms with Crippen molar-refractivity contribution in [3.63, 3.8) is 0 Å². The molecule has 96 valence electrons. The Labute approximate surface area is 113 Å². The molecule has 1 rings (SSSR count). The summed E-state index contributed by atoms with van der Waals surface area (Å²) in [6.07, 6.45) is 0. The molecule has 18 heavy (non-hydrogen) atoms. The molecule has 1 aromatic carbocycles. The third kappa shape index (κ3) is 3.53. The van der Waals surface area contributed by atoms with Gasteiger partial charge in [-0.3, -0.25) is 10.1 Å². The number of nitro groups is 1. The number of nitrogens with zero attached hydrogens (tertiary/aromatic N) is 1. The molecule has 8 heteroatoms. The molecule has 0 unspecified atom stereocenters. The zero-order valence-corrected chi connectivity index (χ0v) is 11.7. The Balaban J connectivity index is 3.24. The standard InChI is InChI=1S/C10H9BrN2O4S/c1-2-3-6-12-18(16,17)10-7-8(11)4-5-9(10)13(14)15/h4-5,7,12H,6H2,1H3. The lowest BCUT2D eigenvalue weighted by Crippen LogP contribution is -2.24. The molecule has 0 aliphatic rings. The normalized spacial score (nSPS) is 10.6. The van der Waals surface area contributed by atoms with E-state index in [1.165, 1.54) is 12.1 Å². The predicted molar refractivity (Wildman–Crippen MR) is 69.4 cm³/mol. The van der Waals surface area contributed by atoms with Gasteiger partial charge in [-0.05, 0) is 19.1 Å². The topological polar surface area (TPSA) is 89.3 Å². The summed E-state index contributed by atoms with van der Waals surface area (Å²) >= 11 is 3.08. The molecule has 0 amide bonds. The zero-order chi connectivity index (χ0) is 13.8. The summed E-state index contributed by atoms with van der Waals surface area (Å²) < 4.78 is 26.4. The van der Waals surface area contributed by atoms with Crippen LogP contribution in [-0.4, -0.2) is 19.9 Å². The van der Waals surface area contributed by atoms with Crippen LogP contribution in [0.25, 0.3) is 0 Å². The minimum absolute atomic E-state index is 0.0947. The number of halogens is 1. The summed E-state index contributed by atoms with van der Waals surface area (Å²) in [6, 6.07) is 3.72. The fraction of sp³-hybridized carbons (Fsp3) is 0.200. The third-order valence-corrected chi connectivity index (χ3v) is 3.86. The van der Waals surface area contributed by atoms with Gasteiger partial charge >= 0.3 is 0 Å². The molecule has 0 aliphatic carbocycles. The molecule has 0 aromatic heterocycles. The highest BCUT2D eigenvalue weighted by molar-refractivity contribution is 9.10. The third-order valence-electron chi connectivity index (χ3n) is 1.94. The maximum absolute atomic E-state index is 11.9. The Morgan fingerprint density at radius 1 is 1.50 bits per heavy atom. The van der Waals surface area contributed by atoms with Crippen molar-refractivity contribution in [3.05, 3.63) is 32.8 Å². The maximum atomic E-state index is 11.9. The first-order chi connectivity index (χ1) is 8.38. The van der Waals surface area contributed by atoms with Crippen molar-refractivity contribution in [2.24, 2.45) is 0 Å². The van der Waals surface area contributed by atoms with E-state index in [4.69, 9.17) is 0 Å². The monoisotopic (exact) mass is 332 g/mol. The minimum atomic E-state index is -3.95. The number of nitro benzene ring substituents is 1. The van der Waals surface area contributed by atoms with Gasteiger partial charge in [-0.25, -0.2) is 8.42 Å². The average molecular weight is 333 g/mol. The highest BCUT2D eigenvalue weighted by Gasteiger charge is 2.25. The summed E-state index contributed by atoms with van der Waals surface area (Å²) in [4.78, 5) is 9.65. The molecule has 0 bridgehead atoms. The quantitative estimate of drug-likeness (QED) is 0.515. The van der Waals surface area contributed by atoms with Gasteiger partial charge in [-0.1, -0.05) is 21.9 Å². The van der Waals surface area contributed by atoms with Crippen molar-refractivity contribution < 1.29 is 13.3 Å². The van der Waals surface area contributed by atoms with Crippen LogP contribution in [0.15, 0.2) is 27.6 Å². The summed E-state index contributed by atoms with van der Waals surface area (Å²) in [5.41, 5.74) is -0.477. The van der Waals surface area contributed by atoms with E-state index in [1.54, 1.807) is 6.92 Å². The number of sulfonamides is 1. The molecule has 1 N–H and O–H groups in total. The lowest BCUT2D eigenvalue weighted by molar-refractivity contribution is -0.387. The lowest BCUT2D eigenvalue weighted by Gasteiger charge is -2.05. The fourth-order valence-electron chi connectivity index (χ4n) is 1.15. The van der Waals surface area contributed by atoms with Crippen LogP contribution in [0.4, 0.5) is 5.69 Å². The lowest BCUT2D eigenvalue weighted by atomic mass is 10.3. The summed E-state index contributed by atoms with van der Waals surface area (Å²) in [5, 5.41) is 10.8. The van der Waals surface area contributed by atoms with Crippen LogP contribution >= 0.6 is 15.9 Å². The Morgan fingerprint density at radius 3 is 2.72 bits per heavy atom. The molecular weight excluding hydrogens is 324 g/mol. The van der Waals surface area contributed by atoms with Gasteiger partial charge in [0.15, 0.2) is 4.90 Å². The van der Waals surface area contributed by atoms with E-state index in [2.05, 4.69) is 32.5 Å². The Kier molecular flexibility index (Phi) is 4.84. The fourth-order valence-corrected chi connectivity index (χ4v) is 2.78. The molecule has 1 aromatic rings. The van der Waals surface area contributed by atoms with Crippen molar-refractivity contribution >= 4 is 31.6 Å². The first-order valence-electron chi connectivity index (χ1n) is 4.71. The zero-order valence-electron chi connectivity index (χ0n) is 9.31. The van der Waals surface area contributed by atoms with Crippen molar-refractivity contribution in [2.75, 3.05) is 6.54 Å². The maximum Gasteiger partial charge on any atom is 0.289 e. The van der Waals surface area contributed by atoms with Gasteiger partial charge in [0.2, 0.25) is 10.0 Å². The van der Waals surface area contributed by atoms with Gasteiger partial charge in [0, 0.05) is 10.5 Å². The smallest absolute Gasteiger partial charge is 0.258 e. The van der Waals surface area contributed by atoms with E-state index in [0.717, 1.165) is 6.07 Å². The summed E-state index contributed by atoms with van der Waals surface area (Å²) in [5.74, 6) is 5.04. The molecule has 0 radical (unpaired) electrons. The molecule has 0 saturated carbocycles. The molecule has 0 heterocycles. The second-order valence-corrected chi connectivity index (χ2v) is 5.77. The molecule has 0 saturated heterocycles. The van der Waals surface area contributed by atoms with Crippen molar-refractivity contribution in [3.8, 4) is 11.8 Å². The predicted octanol–water partition coefficient (Wildman–Crippen LogP) is 1.66. The Bertz CT molecular complexity index is 631.